The van der Waals surface area contributed by atoms with Gasteiger partial charge in [-0.15, -0.1) is 6.42 Å². The van der Waals surface area contributed by atoms with Crippen LogP contribution in [0.4, 0.5) is 10.5 Å². The first-order chi connectivity index (χ1) is 9.49. The Hall–Kier alpha value is -2.48. The minimum absolute atomic E-state index is 0.0343. The molecule has 0 aliphatic rings. The van der Waals surface area contributed by atoms with Crippen LogP contribution in [0.2, 0.25) is 0 Å². The molecular formula is C15H18N2O3. The Bertz CT molecular complexity index is 534. The van der Waals surface area contributed by atoms with Crippen LogP contribution in [0.1, 0.15) is 12.5 Å². The second kappa shape index (κ2) is 7.19. The molecule has 1 N–H and O–H groups in total. The average molecular weight is 274 g/mol. The van der Waals surface area contributed by atoms with Crippen molar-refractivity contribution in [2.24, 2.45) is 0 Å². The number of carboxylic acid groups (broad SMARTS) is 1. The van der Waals surface area contributed by atoms with Crippen LogP contribution in [0.15, 0.2) is 24.3 Å². The van der Waals surface area contributed by atoms with Gasteiger partial charge in [0.05, 0.1) is 6.54 Å². The normalized spacial score (nSPS) is 9.65. The lowest BCUT2D eigenvalue weighted by atomic mass is 10.2. The molecule has 5 heteroatoms. The molecule has 0 atom stereocenters. The number of carbonyl (C=O) groups is 2. The number of urea groups is 1. The zero-order valence-corrected chi connectivity index (χ0v) is 11.7. The monoisotopic (exact) mass is 274 g/mol. The lowest BCUT2D eigenvalue weighted by molar-refractivity contribution is -0.137. The number of carbonyl (C=O) groups excluding carboxylic acids is 1. The molecule has 0 aliphatic heterocycles. The summed E-state index contributed by atoms with van der Waals surface area (Å²) in [7, 11) is 0. The van der Waals surface area contributed by atoms with Crippen LogP contribution in [0.3, 0.4) is 0 Å². The summed E-state index contributed by atoms with van der Waals surface area (Å²) in [6, 6.07) is 7.06. The molecule has 106 valence electrons. The van der Waals surface area contributed by atoms with Gasteiger partial charge in [0.2, 0.25) is 0 Å². The second-order valence-corrected chi connectivity index (χ2v) is 4.32. The molecule has 0 heterocycles. The van der Waals surface area contributed by atoms with Crippen molar-refractivity contribution in [3.8, 4) is 12.3 Å². The highest BCUT2D eigenvalue weighted by atomic mass is 16.4. The summed E-state index contributed by atoms with van der Waals surface area (Å²) < 4.78 is 0. The second-order valence-electron chi connectivity index (χ2n) is 4.32. The number of carboxylic acids is 1. The van der Waals surface area contributed by atoms with Crippen LogP contribution >= 0.6 is 0 Å². The fourth-order valence-electron chi connectivity index (χ4n) is 1.86. The summed E-state index contributed by atoms with van der Waals surface area (Å²) in [6.07, 6.45) is 5.19. The Balaban J connectivity index is 3.00. The quantitative estimate of drug-likeness (QED) is 0.835. The van der Waals surface area contributed by atoms with Crippen molar-refractivity contribution in [2.75, 3.05) is 24.5 Å². The topological polar surface area (TPSA) is 60.9 Å². The van der Waals surface area contributed by atoms with E-state index in [2.05, 4.69) is 5.92 Å². The van der Waals surface area contributed by atoms with Crippen molar-refractivity contribution in [1.82, 2.24) is 4.90 Å². The average Bonchev–Trinajstić information content (AvgIpc) is 2.38. The first-order valence-electron chi connectivity index (χ1n) is 6.28. The van der Waals surface area contributed by atoms with Crippen molar-refractivity contribution in [1.29, 1.82) is 0 Å². The van der Waals surface area contributed by atoms with E-state index in [1.54, 1.807) is 0 Å². The zero-order chi connectivity index (χ0) is 15.1. The molecule has 0 radical (unpaired) electrons. The summed E-state index contributed by atoms with van der Waals surface area (Å²) >= 11 is 0. The third-order valence-corrected chi connectivity index (χ3v) is 2.74. The number of rotatable bonds is 5. The summed E-state index contributed by atoms with van der Waals surface area (Å²) in [6.45, 7) is 3.75. The number of benzene rings is 1. The molecule has 0 aromatic heterocycles. The molecule has 5 nitrogen and oxygen atoms in total. The molecular weight excluding hydrogens is 256 g/mol. The number of amides is 2. The van der Waals surface area contributed by atoms with E-state index in [4.69, 9.17) is 11.5 Å². The highest BCUT2D eigenvalue weighted by Crippen LogP contribution is 2.17. The maximum atomic E-state index is 12.4. The minimum Gasteiger partial charge on any atom is -0.480 e. The predicted molar refractivity (Wildman–Crippen MR) is 77.6 cm³/mol. The van der Waals surface area contributed by atoms with Crippen molar-refractivity contribution >= 4 is 17.7 Å². The van der Waals surface area contributed by atoms with Gasteiger partial charge in [0.15, 0.2) is 0 Å². The molecule has 0 saturated heterocycles. The van der Waals surface area contributed by atoms with E-state index in [0.29, 0.717) is 6.54 Å². The Morgan fingerprint density at radius 2 is 2.10 bits per heavy atom. The maximum Gasteiger partial charge on any atom is 0.325 e. The third kappa shape index (κ3) is 4.02. The van der Waals surface area contributed by atoms with Gasteiger partial charge in [-0.3, -0.25) is 9.69 Å². The van der Waals surface area contributed by atoms with E-state index in [-0.39, 0.29) is 6.54 Å². The van der Waals surface area contributed by atoms with Crippen molar-refractivity contribution in [2.45, 2.75) is 13.8 Å². The standard InChI is InChI=1S/C15H18N2O3/c1-4-9-16(11-14(18)19)15(20)17(5-2)13-8-6-7-12(3)10-13/h1,6-8,10H,5,9,11H2,2-3H3,(H,18,19). The number of aliphatic carboxylic acids is 1. The Kier molecular flexibility index (Phi) is 5.60. The van der Waals surface area contributed by atoms with Gasteiger partial charge in [0.1, 0.15) is 6.54 Å². The van der Waals surface area contributed by atoms with Gasteiger partial charge >= 0.3 is 12.0 Å². The van der Waals surface area contributed by atoms with E-state index < -0.39 is 18.5 Å². The van der Waals surface area contributed by atoms with Crippen LogP contribution < -0.4 is 4.90 Å². The lowest BCUT2D eigenvalue weighted by Crippen LogP contribution is -2.45. The summed E-state index contributed by atoms with van der Waals surface area (Å²) in [5.74, 6) is 1.22. The first kappa shape index (κ1) is 15.6. The molecule has 0 saturated carbocycles. The SMILES string of the molecule is C#CCN(CC(=O)O)C(=O)N(CC)c1cccc(C)c1. The van der Waals surface area contributed by atoms with E-state index in [0.717, 1.165) is 16.2 Å². The van der Waals surface area contributed by atoms with Gasteiger partial charge in [-0.1, -0.05) is 18.1 Å². The third-order valence-electron chi connectivity index (χ3n) is 2.74. The van der Waals surface area contributed by atoms with Crippen molar-refractivity contribution in [3.05, 3.63) is 29.8 Å². The van der Waals surface area contributed by atoms with Crippen molar-refractivity contribution < 1.29 is 14.7 Å². The molecule has 0 bridgehead atoms. The van der Waals surface area contributed by atoms with Gasteiger partial charge in [0.25, 0.3) is 0 Å². The highest BCUT2D eigenvalue weighted by molar-refractivity contribution is 5.93. The van der Waals surface area contributed by atoms with Crippen LogP contribution in [0.5, 0.6) is 0 Å². The minimum atomic E-state index is -1.09. The molecule has 1 aromatic rings. The molecule has 0 unspecified atom stereocenters. The zero-order valence-electron chi connectivity index (χ0n) is 11.7. The Morgan fingerprint density at radius 1 is 1.40 bits per heavy atom. The number of aryl methyl sites for hydroxylation is 1. The molecule has 20 heavy (non-hydrogen) atoms. The van der Waals surface area contributed by atoms with Crippen LogP contribution in [-0.4, -0.2) is 41.6 Å². The van der Waals surface area contributed by atoms with E-state index in [1.165, 1.54) is 4.90 Å². The molecule has 1 rings (SSSR count). The van der Waals surface area contributed by atoms with Gasteiger partial charge in [-0.05, 0) is 31.5 Å². The van der Waals surface area contributed by atoms with Crippen molar-refractivity contribution in [3.63, 3.8) is 0 Å². The van der Waals surface area contributed by atoms with Gasteiger partial charge in [-0.25, -0.2) is 4.79 Å². The number of terminal acetylenes is 1. The number of nitrogens with zero attached hydrogens (tertiary/aromatic N) is 2. The highest BCUT2D eigenvalue weighted by Gasteiger charge is 2.22. The molecule has 2 amide bonds. The molecule has 0 aliphatic carbocycles. The van der Waals surface area contributed by atoms with Gasteiger partial charge < -0.3 is 10.0 Å². The molecule has 0 spiro atoms. The molecule has 1 aromatic carbocycles. The van der Waals surface area contributed by atoms with E-state index in [9.17, 15) is 9.59 Å². The van der Waals surface area contributed by atoms with Gasteiger partial charge in [-0.2, -0.15) is 0 Å². The summed E-state index contributed by atoms with van der Waals surface area (Å²) in [4.78, 5) is 25.9. The smallest absolute Gasteiger partial charge is 0.325 e. The number of hydrogen-bond acceptors (Lipinski definition) is 2. The molecule has 0 fully saturated rings. The fraction of sp³-hybridized carbons (Fsp3) is 0.333. The van der Waals surface area contributed by atoms with Crippen LogP contribution in [0.25, 0.3) is 0 Å². The fourth-order valence-corrected chi connectivity index (χ4v) is 1.86. The van der Waals surface area contributed by atoms with Crippen LogP contribution in [-0.2, 0) is 4.79 Å². The Labute approximate surface area is 118 Å². The van der Waals surface area contributed by atoms with Gasteiger partial charge in [0, 0.05) is 12.2 Å². The number of anilines is 1. The van der Waals surface area contributed by atoms with E-state index >= 15 is 0 Å². The number of hydrogen-bond donors (Lipinski definition) is 1. The van der Waals surface area contributed by atoms with Crippen LogP contribution in [0, 0.1) is 19.3 Å². The summed E-state index contributed by atoms with van der Waals surface area (Å²) in [5, 5.41) is 8.85. The maximum absolute atomic E-state index is 12.4. The predicted octanol–water partition coefficient (Wildman–Crippen LogP) is 1.96. The lowest BCUT2D eigenvalue weighted by Gasteiger charge is -2.28. The first-order valence-corrected chi connectivity index (χ1v) is 6.28. The largest absolute Gasteiger partial charge is 0.480 e. The van der Waals surface area contributed by atoms with E-state index in [1.807, 2.05) is 38.1 Å². The Morgan fingerprint density at radius 3 is 2.60 bits per heavy atom. The summed E-state index contributed by atoms with van der Waals surface area (Å²) in [5.41, 5.74) is 1.75.